The van der Waals surface area contributed by atoms with Crippen molar-refractivity contribution in [2.24, 2.45) is 0 Å². The maximum Gasteiger partial charge on any atom is 0.266 e. The molecule has 0 aliphatic rings. The number of carboxylic acid groups (broad SMARTS) is 1. The van der Waals surface area contributed by atoms with Gasteiger partial charge in [-0.2, -0.15) is 5.26 Å². The van der Waals surface area contributed by atoms with E-state index in [1.54, 1.807) is 30.3 Å². The van der Waals surface area contributed by atoms with Gasteiger partial charge in [0.1, 0.15) is 29.0 Å². The van der Waals surface area contributed by atoms with Crippen molar-refractivity contribution in [3.8, 4) is 17.4 Å². The number of anilines is 1. The minimum atomic E-state index is -1.31. The van der Waals surface area contributed by atoms with Crippen molar-refractivity contribution >= 4 is 23.6 Å². The van der Waals surface area contributed by atoms with Crippen LogP contribution in [0.4, 0.5) is 10.1 Å². The Kier molecular flexibility index (Phi) is 5.33. The highest BCUT2D eigenvalue weighted by Crippen LogP contribution is 2.24. The molecule has 1 heterocycles. The zero-order valence-corrected chi connectivity index (χ0v) is 14.3. The van der Waals surface area contributed by atoms with E-state index in [4.69, 9.17) is 4.42 Å². The molecule has 0 fully saturated rings. The van der Waals surface area contributed by atoms with Crippen LogP contribution in [-0.2, 0) is 4.79 Å². The van der Waals surface area contributed by atoms with Gasteiger partial charge in [0.2, 0.25) is 0 Å². The smallest absolute Gasteiger partial charge is 0.266 e. The molecule has 28 heavy (non-hydrogen) atoms. The second kappa shape index (κ2) is 8.01. The van der Waals surface area contributed by atoms with E-state index < -0.39 is 17.7 Å². The summed E-state index contributed by atoms with van der Waals surface area (Å²) in [6.07, 6.45) is 1.25. The number of benzene rings is 2. The lowest BCUT2D eigenvalue weighted by atomic mass is 10.1. The Morgan fingerprint density at radius 3 is 2.54 bits per heavy atom. The molecule has 0 saturated carbocycles. The molecule has 2 aromatic carbocycles. The van der Waals surface area contributed by atoms with Crippen molar-refractivity contribution in [2.45, 2.75) is 0 Å². The van der Waals surface area contributed by atoms with Crippen LogP contribution in [0.15, 0.2) is 70.7 Å². The van der Waals surface area contributed by atoms with E-state index in [2.05, 4.69) is 5.32 Å². The van der Waals surface area contributed by atoms with Crippen molar-refractivity contribution in [1.82, 2.24) is 0 Å². The number of amides is 1. The number of rotatable bonds is 5. The van der Waals surface area contributed by atoms with E-state index in [0.29, 0.717) is 17.0 Å². The Labute approximate surface area is 159 Å². The number of carboxylic acids is 1. The molecule has 0 aliphatic carbocycles. The first kappa shape index (κ1) is 18.6. The fraction of sp³-hybridized carbons (Fsp3) is 0. The average Bonchev–Trinajstić information content (AvgIpc) is 3.16. The number of nitriles is 1. The summed E-state index contributed by atoms with van der Waals surface area (Å²) in [4.78, 5) is 23.2. The molecular weight excluding hydrogens is 363 g/mol. The molecule has 0 atom stereocenters. The monoisotopic (exact) mass is 375 g/mol. The summed E-state index contributed by atoms with van der Waals surface area (Å²) >= 11 is 0. The Morgan fingerprint density at radius 1 is 1.11 bits per heavy atom. The van der Waals surface area contributed by atoms with Crippen molar-refractivity contribution in [3.05, 3.63) is 83.4 Å². The average molecular weight is 375 g/mol. The number of hydrogen-bond donors (Lipinski definition) is 1. The predicted molar refractivity (Wildman–Crippen MR) is 97.1 cm³/mol. The van der Waals surface area contributed by atoms with Crippen LogP contribution >= 0.6 is 0 Å². The molecular formula is C21H12FN2O4-. The van der Waals surface area contributed by atoms with Gasteiger partial charge in [0.15, 0.2) is 0 Å². The third-order valence-electron chi connectivity index (χ3n) is 3.76. The largest absolute Gasteiger partial charge is 0.545 e. The molecule has 7 heteroatoms. The second-order valence-electron chi connectivity index (χ2n) is 5.70. The van der Waals surface area contributed by atoms with Gasteiger partial charge < -0.3 is 19.6 Å². The molecule has 0 aliphatic heterocycles. The van der Waals surface area contributed by atoms with Gasteiger partial charge in [0.25, 0.3) is 5.91 Å². The molecule has 138 valence electrons. The Bertz CT molecular complexity index is 1110. The standard InChI is InChI=1S/C21H13FN2O4/c22-16-4-6-17(7-5-16)24-20(25)15(12-23)11-18-8-9-19(28-18)13-2-1-3-14(10-13)21(26)27/h1-11H,(H,24,25)(H,26,27)/p-1/b15-11+. The van der Waals surface area contributed by atoms with Crippen LogP contribution < -0.4 is 10.4 Å². The summed E-state index contributed by atoms with van der Waals surface area (Å²) in [5.41, 5.74) is 0.637. The van der Waals surface area contributed by atoms with Gasteiger partial charge in [-0.15, -0.1) is 0 Å². The minimum absolute atomic E-state index is 0.00221. The van der Waals surface area contributed by atoms with Crippen LogP contribution in [0.1, 0.15) is 16.1 Å². The Hall–Kier alpha value is -4.18. The maximum absolute atomic E-state index is 12.9. The van der Waals surface area contributed by atoms with Gasteiger partial charge in [-0.05, 0) is 48.0 Å². The second-order valence-corrected chi connectivity index (χ2v) is 5.70. The zero-order chi connectivity index (χ0) is 20.1. The maximum atomic E-state index is 12.9. The third kappa shape index (κ3) is 4.31. The van der Waals surface area contributed by atoms with Gasteiger partial charge in [0.05, 0.1) is 5.97 Å². The highest BCUT2D eigenvalue weighted by Gasteiger charge is 2.12. The molecule has 3 rings (SSSR count). The third-order valence-corrected chi connectivity index (χ3v) is 3.76. The molecule has 1 amide bonds. The first-order chi connectivity index (χ1) is 13.5. The number of nitrogens with zero attached hydrogens (tertiary/aromatic N) is 1. The molecule has 1 aromatic heterocycles. The van der Waals surface area contributed by atoms with Crippen LogP contribution in [0.25, 0.3) is 17.4 Å². The van der Waals surface area contributed by atoms with Crippen LogP contribution in [0.2, 0.25) is 0 Å². The summed E-state index contributed by atoms with van der Waals surface area (Å²) in [5.74, 6) is -1.83. The highest BCUT2D eigenvalue weighted by molar-refractivity contribution is 6.09. The van der Waals surface area contributed by atoms with Crippen molar-refractivity contribution in [2.75, 3.05) is 5.32 Å². The SMILES string of the molecule is N#C/C(=C\c1ccc(-c2cccc(C(=O)[O-])c2)o1)C(=O)Nc1ccc(F)cc1. The molecule has 0 radical (unpaired) electrons. The number of aromatic carboxylic acids is 1. The van der Waals surface area contributed by atoms with Crippen LogP contribution in [0, 0.1) is 17.1 Å². The first-order valence-corrected chi connectivity index (χ1v) is 8.06. The van der Waals surface area contributed by atoms with Crippen molar-refractivity contribution in [1.29, 1.82) is 5.26 Å². The van der Waals surface area contributed by atoms with Gasteiger partial charge in [0, 0.05) is 17.3 Å². The van der Waals surface area contributed by atoms with E-state index in [0.717, 1.165) is 0 Å². The van der Waals surface area contributed by atoms with Gasteiger partial charge >= 0.3 is 0 Å². The number of carbonyl (C=O) groups excluding carboxylic acids is 2. The predicted octanol–water partition coefficient (Wildman–Crippen LogP) is 2.99. The number of halogens is 1. The topological polar surface area (TPSA) is 106 Å². The molecule has 0 spiro atoms. The van der Waals surface area contributed by atoms with E-state index in [1.807, 2.05) is 0 Å². The summed E-state index contributed by atoms with van der Waals surface area (Å²) < 4.78 is 18.5. The number of nitrogens with one attached hydrogen (secondary N) is 1. The van der Waals surface area contributed by atoms with E-state index in [9.17, 15) is 24.3 Å². The highest BCUT2D eigenvalue weighted by atomic mass is 19.1. The number of carbonyl (C=O) groups is 2. The van der Waals surface area contributed by atoms with Gasteiger partial charge in [-0.25, -0.2) is 4.39 Å². The van der Waals surface area contributed by atoms with Crippen molar-refractivity contribution < 1.29 is 23.5 Å². The quantitative estimate of drug-likeness (QED) is 0.545. The summed E-state index contributed by atoms with van der Waals surface area (Å²) in [6, 6.07) is 16.0. The molecule has 0 bridgehead atoms. The molecule has 0 unspecified atom stereocenters. The molecule has 6 nitrogen and oxygen atoms in total. The lowest BCUT2D eigenvalue weighted by Crippen LogP contribution is -2.22. The summed E-state index contributed by atoms with van der Waals surface area (Å²) in [6.45, 7) is 0. The van der Waals surface area contributed by atoms with Crippen LogP contribution in [-0.4, -0.2) is 11.9 Å². The number of hydrogen-bond acceptors (Lipinski definition) is 5. The lowest BCUT2D eigenvalue weighted by molar-refractivity contribution is -0.255. The lowest BCUT2D eigenvalue weighted by Gasteiger charge is -2.04. The van der Waals surface area contributed by atoms with Crippen molar-refractivity contribution in [3.63, 3.8) is 0 Å². The first-order valence-electron chi connectivity index (χ1n) is 8.06. The fourth-order valence-corrected chi connectivity index (χ4v) is 2.41. The van der Waals surface area contributed by atoms with E-state index in [-0.39, 0.29) is 16.9 Å². The van der Waals surface area contributed by atoms with Crippen LogP contribution in [0.3, 0.4) is 0 Å². The van der Waals surface area contributed by atoms with Gasteiger partial charge in [-0.3, -0.25) is 4.79 Å². The molecule has 1 N–H and O–H groups in total. The fourth-order valence-electron chi connectivity index (χ4n) is 2.41. The molecule has 0 saturated heterocycles. The Morgan fingerprint density at radius 2 is 1.86 bits per heavy atom. The summed E-state index contributed by atoms with van der Waals surface area (Å²) in [7, 11) is 0. The normalized spacial score (nSPS) is 10.9. The minimum Gasteiger partial charge on any atom is -0.545 e. The zero-order valence-electron chi connectivity index (χ0n) is 14.3. The summed E-state index contributed by atoms with van der Waals surface area (Å²) in [5, 5.41) is 22.7. The van der Waals surface area contributed by atoms with Gasteiger partial charge in [-0.1, -0.05) is 18.2 Å². The Balaban J connectivity index is 1.81. The molecule has 3 aromatic rings. The van der Waals surface area contributed by atoms with E-state index in [1.165, 1.54) is 42.5 Å². The van der Waals surface area contributed by atoms with Crippen LogP contribution in [0.5, 0.6) is 0 Å². The van der Waals surface area contributed by atoms with E-state index >= 15 is 0 Å². The number of furan rings is 1.